The monoisotopic (exact) mass is 414 g/mol. The quantitative estimate of drug-likeness (QED) is 0.564. The van der Waals surface area contributed by atoms with Gasteiger partial charge in [0.1, 0.15) is 11.2 Å². The van der Waals surface area contributed by atoms with Crippen LogP contribution < -0.4 is 0 Å². The molecular formula is C24H30O6. The number of fused-ring (bicyclic) bond motifs is 3. The van der Waals surface area contributed by atoms with E-state index < -0.39 is 29.4 Å². The van der Waals surface area contributed by atoms with E-state index in [0.29, 0.717) is 6.42 Å². The first-order chi connectivity index (χ1) is 14.0. The van der Waals surface area contributed by atoms with E-state index in [1.54, 1.807) is 12.2 Å². The van der Waals surface area contributed by atoms with E-state index >= 15 is 0 Å². The van der Waals surface area contributed by atoms with Crippen molar-refractivity contribution in [2.24, 2.45) is 28.6 Å². The van der Waals surface area contributed by atoms with Crippen LogP contribution in [0, 0.1) is 28.6 Å². The lowest BCUT2D eigenvalue weighted by Crippen LogP contribution is -2.62. The molecule has 0 aromatic carbocycles. The van der Waals surface area contributed by atoms with Gasteiger partial charge in [0.15, 0.2) is 12.4 Å². The van der Waals surface area contributed by atoms with Crippen molar-refractivity contribution in [2.45, 2.75) is 70.7 Å². The van der Waals surface area contributed by atoms with E-state index in [4.69, 9.17) is 9.47 Å². The summed E-state index contributed by atoms with van der Waals surface area (Å²) in [5.74, 6) is -0.783. The molecule has 5 aliphatic rings. The molecule has 4 fully saturated rings. The van der Waals surface area contributed by atoms with Crippen molar-refractivity contribution in [1.29, 1.82) is 0 Å². The van der Waals surface area contributed by atoms with Gasteiger partial charge in [-0.3, -0.25) is 14.4 Å². The minimum atomic E-state index is -1.54. The van der Waals surface area contributed by atoms with Crippen molar-refractivity contribution in [2.75, 3.05) is 6.61 Å². The van der Waals surface area contributed by atoms with E-state index in [0.717, 1.165) is 24.8 Å². The SMILES string of the molecule is CC(=O)OCC(=O)[C@@]1(O)[C@H](C)CC2C3CCC4=CC(=O)C=C[C@]4(C)C34O[C@@H]4C[C@@]21C. The fourth-order valence-corrected chi connectivity index (χ4v) is 7.85. The largest absolute Gasteiger partial charge is 0.458 e. The van der Waals surface area contributed by atoms with Crippen molar-refractivity contribution in [1.82, 2.24) is 0 Å². The van der Waals surface area contributed by atoms with Crippen LogP contribution in [0.25, 0.3) is 0 Å². The second-order valence-corrected chi connectivity index (χ2v) is 10.5. The number of ether oxygens (including phenoxy) is 2. The number of aliphatic hydroxyl groups is 1. The number of carbonyl (C=O) groups excluding carboxylic acids is 3. The highest BCUT2D eigenvalue weighted by Gasteiger charge is 2.81. The first-order valence-electron chi connectivity index (χ1n) is 11.0. The Kier molecular flexibility index (Phi) is 3.97. The molecule has 162 valence electrons. The molecule has 1 saturated heterocycles. The normalized spacial score (nSPS) is 50.6. The summed E-state index contributed by atoms with van der Waals surface area (Å²) in [7, 11) is 0. The average molecular weight is 414 g/mol. The maximum atomic E-state index is 13.1. The van der Waals surface area contributed by atoms with Crippen molar-refractivity contribution in [3.05, 3.63) is 23.8 Å². The first kappa shape index (κ1) is 20.1. The minimum Gasteiger partial charge on any atom is -0.458 e. The van der Waals surface area contributed by atoms with E-state index in [1.165, 1.54) is 6.92 Å². The summed E-state index contributed by atoms with van der Waals surface area (Å²) in [6, 6.07) is 0. The molecule has 0 aromatic heterocycles. The van der Waals surface area contributed by atoms with Crippen LogP contribution in [-0.2, 0) is 23.9 Å². The maximum Gasteiger partial charge on any atom is 0.303 e. The summed E-state index contributed by atoms with van der Waals surface area (Å²) < 4.78 is 11.4. The molecule has 5 rings (SSSR count). The molecule has 30 heavy (non-hydrogen) atoms. The third-order valence-corrected chi connectivity index (χ3v) is 9.35. The number of esters is 1. The Morgan fingerprint density at radius 1 is 1.30 bits per heavy atom. The number of rotatable bonds is 3. The summed E-state index contributed by atoms with van der Waals surface area (Å²) in [5.41, 5.74) is -1.71. The van der Waals surface area contributed by atoms with Crippen LogP contribution in [0.1, 0.15) is 53.4 Å². The molecule has 0 aromatic rings. The van der Waals surface area contributed by atoms with Crippen molar-refractivity contribution in [3.8, 4) is 0 Å². The molecule has 1 aliphatic heterocycles. The van der Waals surface area contributed by atoms with E-state index in [-0.39, 0.29) is 40.7 Å². The van der Waals surface area contributed by atoms with Gasteiger partial charge in [0.2, 0.25) is 5.78 Å². The Balaban J connectivity index is 1.52. The molecule has 1 heterocycles. The summed E-state index contributed by atoms with van der Waals surface area (Å²) >= 11 is 0. The topological polar surface area (TPSA) is 93.2 Å². The molecule has 0 bridgehead atoms. The molecular weight excluding hydrogens is 384 g/mol. The third-order valence-electron chi connectivity index (χ3n) is 9.35. The summed E-state index contributed by atoms with van der Waals surface area (Å²) in [6.45, 7) is 7.00. The van der Waals surface area contributed by atoms with Crippen LogP contribution in [0.3, 0.4) is 0 Å². The predicted molar refractivity (Wildman–Crippen MR) is 107 cm³/mol. The standard InChI is InChI=1S/C24H30O6/c1-13-9-18-17-6-5-15-10-16(26)7-8-21(15,3)24(17)20(30-24)11-22(18,4)23(13,28)19(27)12-29-14(2)25/h7-8,10,13,17-18,20,28H,5-6,9,11-12H2,1-4H3/t13-,17?,18?,20-,21+,22+,23+,24?/m1/s1. The second-order valence-electron chi connectivity index (χ2n) is 10.5. The number of hydrogen-bond donors (Lipinski definition) is 1. The van der Waals surface area contributed by atoms with Gasteiger partial charge < -0.3 is 14.6 Å². The summed E-state index contributed by atoms with van der Waals surface area (Å²) in [4.78, 5) is 36.3. The highest BCUT2D eigenvalue weighted by molar-refractivity contribution is 6.01. The third kappa shape index (κ3) is 2.14. The number of ketones is 2. The Labute approximate surface area is 176 Å². The van der Waals surface area contributed by atoms with Crippen LogP contribution in [0.5, 0.6) is 0 Å². The zero-order chi connectivity index (χ0) is 21.7. The Morgan fingerprint density at radius 3 is 2.73 bits per heavy atom. The lowest BCUT2D eigenvalue weighted by atomic mass is 9.46. The van der Waals surface area contributed by atoms with Gasteiger partial charge in [-0.05, 0) is 62.5 Å². The molecule has 6 heteroatoms. The Bertz CT molecular complexity index is 919. The molecule has 0 radical (unpaired) electrons. The van der Waals surface area contributed by atoms with Crippen LogP contribution in [0.2, 0.25) is 0 Å². The highest BCUT2D eigenvalue weighted by atomic mass is 16.6. The fourth-order valence-electron chi connectivity index (χ4n) is 7.85. The number of epoxide rings is 1. The molecule has 1 spiro atoms. The number of Topliss-reactive ketones (excluding diaryl/α,β-unsaturated/α-hetero) is 1. The van der Waals surface area contributed by atoms with Crippen molar-refractivity contribution in [3.63, 3.8) is 0 Å². The van der Waals surface area contributed by atoms with Gasteiger partial charge in [-0.2, -0.15) is 0 Å². The molecule has 3 saturated carbocycles. The summed E-state index contributed by atoms with van der Waals surface area (Å²) in [6.07, 6.45) is 8.43. The number of carbonyl (C=O) groups is 3. The van der Waals surface area contributed by atoms with Crippen LogP contribution in [-0.4, -0.2) is 46.6 Å². The van der Waals surface area contributed by atoms with Gasteiger partial charge in [0.05, 0.1) is 6.10 Å². The van der Waals surface area contributed by atoms with Crippen molar-refractivity contribution < 1.29 is 29.0 Å². The van der Waals surface area contributed by atoms with Crippen LogP contribution in [0.4, 0.5) is 0 Å². The Hall–Kier alpha value is -1.79. The average Bonchev–Trinajstić information content (AvgIpc) is 3.36. The number of allylic oxidation sites excluding steroid dienone is 2. The molecule has 4 aliphatic carbocycles. The van der Waals surface area contributed by atoms with Crippen molar-refractivity contribution >= 4 is 17.5 Å². The molecule has 3 unspecified atom stereocenters. The minimum absolute atomic E-state index is 0.0371. The predicted octanol–water partition coefficient (Wildman–Crippen LogP) is 2.53. The molecule has 8 atom stereocenters. The first-order valence-corrected chi connectivity index (χ1v) is 11.0. The number of hydrogen-bond acceptors (Lipinski definition) is 6. The molecule has 6 nitrogen and oxygen atoms in total. The van der Waals surface area contributed by atoms with Gasteiger partial charge in [-0.15, -0.1) is 0 Å². The Morgan fingerprint density at radius 2 is 2.03 bits per heavy atom. The molecule has 0 amide bonds. The molecule has 1 N–H and O–H groups in total. The highest BCUT2D eigenvalue weighted by Crippen LogP contribution is 2.76. The van der Waals surface area contributed by atoms with E-state index in [1.807, 2.05) is 19.9 Å². The van der Waals surface area contributed by atoms with Gasteiger partial charge in [0.25, 0.3) is 0 Å². The van der Waals surface area contributed by atoms with E-state index in [9.17, 15) is 19.5 Å². The fraction of sp³-hybridized carbons (Fsp3) is 0.708. The van der Waals surface area contributed by atoms with Crippen LogP contribution in [0.15, 0.2) is 23.8 Å². The van der Waals surface area contributed by atoms with Crippen LogP contribution >= 0.6 is 0 Å². The second kappa shape index (κ2) is 5.92. The van der Waals surface area contributed by atoms with E-state index in [2.05, 4.69) is 6.92 Å². The zero-order valence-corrected chi connectivity index (χ0v) is 18.1. The maximum absolute atomic E-state index is 13.1. The van der Waals surface area contributed by atoms with Gasteiger partial charge >= 0.3 is 5.97 Å². The van der Waals surface area contributed by atoms with Gasteiger partial charge in [0, 0.05) is 17.8 Å². The van der Waals surface area contributed by atoms with Gasteiger partial charge in [-0.25, -0.2) is 0 Å². The smallest absolute Gasteiger partial charge is 0.303 e. The van der Waals surface area contributed by atoms with Gasteiger partial charge in [-0.1, -0.05) is 25.5 Å². The lowest BCUT2D eigenvalue weighted by Gasteiger charge is -2.55. The lowest BCUT2D eigenvalue weighted by molar-refractivity contribution is -0.170. The summed E-state index contributed by atoms with van der Waals surface area (Å²) in [5, 5.41) is 11.8. The zero-order valence-electron chi connectivity index (χ0n) is 18.1.